The molecule has 0 aliphatic heterocycles. The fraction of sp³-hybridized carbons (Fsp3) is 0.692. The highest BCUT2D eigenvalue weighted by Gasteiger charge is 2.33. The molecule has 5 nitrogen and oxygen atoms in total. The van der Waals surface area contributed by atoms with E-state index in [0.29, 0.717) is 0 Å². The number of hydrogen-bond donors (Lipinski definition) is 2. The molecule has 18 heavy (non-hydrogen) atoms. The number of rotatable bonds is 4. The zero-order chi connectivity index (χ0) is 13.0. The number of carbonyl (C=O) groups is 1. The number of aliphatic hydroxyl groups is 1. The summed E-state index contributed by atoms with van der Waals surface area (Å²) in [6, 6.07) is 1.51. The van der Waals surface area contributed by atoms with Gasteiger partial charge in [-0.3, -0.25) is 4.79 Å². The van der Waals surface area contributed by atoms with Crippen LogP contribution in [0.15, 0.2) is 16.9 Å². The van der Waals surface area contributed by atoms with Crippen molar-refractivity contribution in [2.75, 3.05) is 6.54 Å². The lowest BCUT2D eigenvalue weighted by Gasteiger charge is -2.35. The van der Waals surface area contributed by atoms with Gasteiger partial charge < -0.3 is 14.9 Å². The quantitative estimate of drug-likeness (QED) is 0.855. The minimum absolute atomic E-state index is 0.251. The fourth-order valence-electron chi connectivity index (χ4n) is 2.46. The molecule has 2 rings (SSSR count). The second kappa shape index (κ2) is 5.52. The van der Waals surface area contributed by atoms with Gasteiger partial charge in [0.2, 0.25) is 0 Å². The third-order valence-electron chi connectivity index (χ3n) is 3.86. The van der Waals surface area contributed by atoms with Gasteiger partial charge in [0, 0.05) is 12.6 Å². The topological polar surface area (TPSA) is 75.4 Å². The van der Waals surface area contributed by atoms with Crippen LogP contribution in [-0.2, 0) is 0 Å². The molecule has 0 aromatic carbocycles. The number of nitrogens with one attached hydrogen (secondary N) is 1. The van der Waals surface area contributed by atoms with Gasteiger partial charge in [0.05, 0.1) is 5.60 Å². The second-order valence-electron chi connectivity index (χ2n) is 5.14. The van der Waals surface area contributed by atoms with Crippen molar-refractivity contribution in [3.63, 3.8) is 0 Å². The van der Waals surface area contributed by atoms with E-state index in [1.165, 1.54) is 18.8 Å². The van der Waals surface area contributed by atoms with Gasteiger partial charge in [-0.15, -0.1) is 0 Å². The van der Waals surface area contributed by atoms with Crippen LogP contribution in [0.5, 0.6) is 0 Å². The Morgan fingerprint density at radius 1 is 1.61 bits per heavy atom. The van der Waals surface area contributed by atoms with Crippen LogP contribution in [-0.4, -0.2) is 28.3 Å². The molecule has 0 bridgehead atoms. The van der Waals surface area contributed by atoms with Gasteiger partial charge in [-0.1, -0.05) is 18.5 Å². The minimum Gasteiger partial charge on any atom is -0.388 e. The summed E-state index contributed by atoms with van der Waals surface area (Å²) in [6.07, 6.45) is 6.10. The Hall–Kier alpha value is -1.36. The van der Waals surface area contributed by atoms with E-state index in [1.54, 1.807) is 0 Å². The van der Waals surface area contributed by atoms with E-state index in [4.69, 9.17) is 0 Å². The molecular formula is C13H20N2O3. The van der Waals surface area contributed by atoms with Crippen LogP contribution in [0.2, 0.25) is 0 Å². The molecule has 1 aromatic rings. The van der Waals surface area contributed by atoms with E-state index in [1.807, 2.05) is 0 Å². The van der Waals surface area contributed by atoms with E-state index in [2.05, 4.69) is 21.9 Å². The van der Waals surface area contributed by atoms with Crippen molar-refractivity contribution in [1.29, 1.82) is 0 Å². The second-order valence-corrected chi connectivity index (χ2v) is 5.14. The largest absolute Gasteiger partial charge is 0.388 e. The summed E-state index contributed by atoms with van der Waals surface area (Å²) in [6.45, 7) is 2.47. The van der Waals surface area contributed by atoms with E-state index < -0.39 is 5.60 Å². The predicted octanol–water partition coefficient (Wildman–Crippen LogP) is 1.74. The van der Waals surface area contributed by atoms with Gasteiger partial charge in [0.15, 0.2) is 5.69 Å². The van der Waals surface area contributed by atoms with Crippen molar-refractivity contribution in [3.8, 4) is 0 Å². The van der Waals surface area contributed by atoms with Gasteiger partial charge in [0.1, 0.15) is 6.26 Å². The molecular weight excluding hydrogens is 232 g/mol. The van der Waals surface area contributed by atoms with Crippen molar-refractivity contribution in [3.05, 3.63) is 18.0 Å². The third-order valence-corrected chi connectivity index (χ3v) is 3.86. The Kier molecular flexibility index (Phi) is 4.01. The SMILES string of the molecule is CCC1CCC(O)(CNC(=O)c2ccon2)CC1. The number of carbonyl (C=O) groups excluding carboxylic acids is 1. The molecule has 1 saturated carbocycles. The first kappa shape index (κ1) is 13.1. The molecule has 1 aromatic heterocycles. The molecule has 1 fully saturated rings. The Morgan fingerprint density at radius 3 is 2.89 bits per heavy atom. The Bertz CT molecular complexity index is 381. The maximum Gasteiger partial charge on any atom is 0.273 e. The van der Waals surface area contributed by atoms with Crippen LogP contribution in [0.25, 0.3) is 0 Å². The van der Waals surface area contributed by atoms with Crippen LogP contribution in [0.1, 0.15) is 49.5 Å². The van der Waals surface area contributed by atoms with Gasteiger partial charge in [-0.2, -0.15) is 0 Å². The number of aromatic nitrogens is 1. The minimum atomic E-state index is -0.759. The average Bonchev–Trinajstić information content (AvgIpc) is 2.91. The van der Waals surface area contributed by atoms with Crippen molar-refractivity contribution < 1.29 is 14.4 Å². The Labute approximate surface area is 107 Å². The van der Waals surface area contributed by atoms with Crippen LogP contribution in [0.4, 0.5) is 0 Å². The summed E-state index contributed by atoms with van der Waals surface area (Å²) in [5.41, 5.74) is -0.508. The number of nitrogens with zero attached hydrogens (tertiary/aromatic N) is 1. The van der Waals surface area contributed by atoms with E-state index >= 15 is 0 Å². The van der Waals surface area contributed by atoms with E-state index in [0.717, 1.165) is 31.6 Å². The van der Waals surface area contributed by atoms with Crippen molar-refractivity contribution in [2.24, 2.45) is 5.92 Å². The van der Waals surface area contributed by atoms with Crippen LogP contribution < -0.4 is 5.32 Å². The van der Waals surface area contributed by atoms with Crippen LogP contribution >= 0.6 is 0 Å². The lowest BCUT2D eigenvalue weighted by molar-refractivity contribution is -0.00792. The predicted molar refractivity (Wildman–Crippen MR) is 66.0 cm³/mol. The molecule has 0 unspecified atom stereocenters. The molecule has 0 saturated heterocycles. The Morgan fingerprint density at radius 2 is 2.33 bits per heavy atom. The van der Waals surface area contributed by atoms with E-state index in [9.17, 15) is 9.90 Å². The lowest BCUT2D eigenvalue weighted by Crippen LogP contribution is -2.45. The van der Waals surface area contributed by atoms with Gasteiger partial charge >= 0.3 is 0 Å². The molecule has 0 atom stereocenters. The summed E-state index contributed by atoms with van der Waals surface area (Å²) < 4.78 is 4.61. The summed E-state index contributed by atoms with van der Waals surface area (Å²) in [4.78, 5) is 11.7. The molecule has 2 N–H and O–H groups in total. The summed E-state index contributed by atoms with van der Waals surface area (Å²) in [5, 5.41) is 16.6. The monoisotopic (exact) mass is 252 g/mol. The molecule has 100 valence electrons. The maximum atomic E-state index is 11.7. The van der Waals surface area contributed by atoms with Crippen LogP contribution in [0, 0.1) is 5.92 Å². The summed E-state index contributed by atoms with van der Waals surface area (Å²) in [5.74, 6) is 0.423. The van der Waals surface area contributed by atoms with Gasteiger partial charge in [-0.25, -0.2) is 0 Å². The molecule has 1 aliphatic rings. The Balaban J connectivity index is 1.81. The highest BCUT2D eigenvalue weighted by Crippen LogP contribution is 2.33. The smallest absolute Gasteiger partial charge is 0.273 e. The molecule has 1 heterocycles. The first-order chi connectivity index (χ1) is 8.63. The van der Waals surface area contributed by atoms with Gasteiger partial charge in [0.25, 0.3) is 5.91 Å². The average molecular weight is 252 g/mol. The molecule has 0 radical (unpaired) electrons. The first-order valence-electron chi connectivity index (χ1n) is 6.54. The summed E-state index contributed by atoms with van der Waals surface area (Å²) in [7, 11) is 0. The zero-order valence-corrected chi connectivity index (χ0v) is 10.7. The molecule has 5 heteroatoms. The standard InChI is InChI=1S/C13H20N2O3/c1-2-10-3-6-13(17,7-4-10)9-14-12(16)11-5-8-18-15-11/h5,8,10,17H,2-4,6-7,9H2,1H3,(H,14,16). The number of hydrogen-bond acceptors (Lipinski definition) is 4. The normalized spacial score (nSPS) is 28.0. The highest BCUT2D eigenvalue weighted by atomic mass is 16.5. The highest BCUT2D eigenvalue weighted by molar-refractivity contribution is 5.91. The van der Waals surface area contributed by atoms with Gasteiger partial charge in [-0.05, 0) is 31.6 Å². The van der Waals surface area contributed by atoms with Crippen LogP contribution in [0.3, 0.4) is 0 Å². The fourth-order valence-corrected chi connectivity index (χ4v) is 2.46. The maximum absolute atomic E-state index is 11.7. The zero-order valence-electron chi connectivity index (χ0n) is 10.7. The molecule has 0 spiro atoms. The number of amides is 1. The van der Waals surface area contributed by atoms with Crippen molar-refractivity contribution in [1.82, 2.24) is 10.5 Å². The van der Waals surface area contributed by atoms with E-state index in [-0.39, 0.29) is 18.1 Å². The molecule has 1 amide bonds. The lowest BCUT2D eigenvalue weighted by atomic mass is 9.78. The van der Waals surface area contributed by atoms with Crippen molar-refractivity contribution >= 4 is 5.91 Å². The third kappa shape index (κ3) is 3.10. The summed E-state index contributed by atoms with van der Waals surface area (Å²) >= 11 is 0. The first-order valence-corrected chi connectivity index (χ1v) is 6.54. The molecule has 1 aliphatic carbocycles. The van der Waals surface area contributed by atoms with Crippen molar-refractivity contribution in [2.45, 2.75) is 44.6 Å².